The minimum absolute atomic E-state index is 0.00844. The van der Waals surface area contributed by atoms with Crippen LogP contribution in [0.25, 0.3) is 10.8 Å². The number of nitrogens with one attached hydrogen (secondary N) is 1. The first-order valence-electron chi connectivity index (χ1n) is 9.10. The van der Waals surface area contributed by atoms with Crippen LogP contribution in [0.1, 0.15) is 29.8 Å². The average Bonchev–Trinajstić information content (AvgIpc) is 3.11. The fraction of sp³-hybridized carbons (Fsp3) is 0.136. The zero-order chi connectivity index (χ0) is 20.4. The molecule has 7 heteroatoms. The van der Waals surface area contributed by atoms with Crippen LogP contribution in [-0.4, -0.2) is 28.2 Å². The van der Waals surface area contributed by atoms with Crippen LogP contribution in [0.3, 0.4) is 0 Å². The summed E-state index contributed by atoms with van der Waals surface area (Å²) in [6, 6.07) is 20.3. The topological polar surface area (TPSA) is 55.2 Å². The quantitative estimate of drug-likeness (QED) is 0.294. The molecule has 3 aromatic carbocycles. The monoisotopic (exact) mass is 466 g/mol. The Morgan fingerprint density at radius 1 is 1.14 bits per heavy atom. The number of ether oxygens (including phenoxy) is 1. The third kappa shape index (κ3) is 4.16. The molecule has 0 aliphatic carbocycles. The molecule has 0 spiro atoms. The van der Waals surface area contributed by atoms with Crippen molar-refractivity contribution in [1.29, 1.82) is 0 Å². The van der Waals surface area contributed by atoms with E-state index in [1.807, 2.05) is 36.4 Å². The number of benzene rings is 3. The van der Waals surface area contributed by atoms with Gasteiger partial charge in [-0.3, -0.25) is 5.10 Å². The Bertz CT molecular complexity index is 1260. The second-order valence-corrected chi connectivity index (χ2v) is 7.99. The Balaban J connectivity index is 1.68. The van der Waals surface area contributed by atoms with Gasteiger partial charge in [0.1, 0.15) is 5.75 Å². The van der Waals surface area contributed by atoms with Gasteiger partial charge in [-0.2, -0.15) is 14.9 Å². The van der Waals surface area contributed by atoms with Gasteiger partial charge in [0.2, 0.25) is 4.77 Å². The summed E-state index contributed by atoms with van der Waals surface area (Å²) >= 11 is 8.87. The number of aromatic amines is 1. The Labute approximate surface area is 182 Å². The molecular weight excluding hydrogens is 448 g/mol. The fourth-order valence-corrected chi connectivity index (χ4v) is 3.80. The molecule has 1 N–H and O–H groups in total. The van der Waals surface area contributed by atoms with E-state index in [4.69, 9.17) is 17.0 Å². The molecule has 0 saturated heterocycles. The SMILES string of the molecule is COc1ccc2cc(C(C)c3n[nH]c(=S)n3/N=C/c3cccc(Br)c3)ccc2c1. The molecule has 29 heavy (non-hydrogen) atoms. The van der Waals surface area contributed by atoms with E-state index in [0.29, 0.717) is 4.77 Å². The van der Waals surface area contributed by atoms with E-state index in [9.17, 15) is 0 Å². The van der Waals surface area contributed by atoms with E-state index in [-0.39, 0.29) is 5.92 Å². The van der Waals surface area contributed by atoms with Crippen LogP contribution in [0, 0.1) is 4.77 Å². The van der Waals surface area contributed by atoms with Crippen LogP contribution in [-0.2, 0) is 0 Å². The zero-order valence-corrected chi connectivity index (χ0v) is 18.4. The molecule has 0 bridgehead atoms. The average molecular weight is 467 g/mol. The molecule has 1 heterocycles. The minimum atomic E-state index is 0.00844. The van der Waals surface area contributed by atoms with Crippen LogP contribution < -0.4 is 4.74 Å². The zero-order valence-electron chi connectivity index (χ0n) is 16.0. The van der Waals surface area contributed by atoms with Crippen LogP contribution in [0.2, 0.25) is 0 Å². The summed E-state index contributed by atoms with van der Waals surface area (Å²) in [6.45, 7) is 2.10. The summed E-state index contributed by atoms with van der Waals surface area (Å²) in [4.78, 5) is 0. The van der Waals surface area contributed by atoms with Gasteiger partial charge in [0.25, 0.3) is 0 Å². The van der Waals surface area contributed by atoms with Crippen molar-refractivity contribution in [1.82, 2.24) is 14.9 Å². The highest BCUT2D eigenvalue weighted by molar-refractivity contribution is 9.10. The number of fused-ring (bicyclic) bond motifs is 1. The van der Waals surface area contributed by atoms with E-state index < -0.39 is 0 Å². The first kappa shape index (κ1) is 19.5. The van der Waals surface area contributed by atoms with Gasteiger partial charge >= 0.3 is 0 Å². The van der Waals surface area contributed by atoms with Gasteiger partial charge in [-0.25, -0.2) is 0 Å². The summed E-state index contributed by atoms with van der Waals surface area (Å²) < 4.78 is 8.45. The number of nitrogens with zero attached hydrogens (tertiary/aromatic N) is 3. The maximum Gasteiger partial charge on any atom is 0.216 e. The number of methoxy groups -OCH3 is 1. The Morgan fingerprint density at radius 2 is 1.93 bits per heavy atom. The number of aromatic nitrogens is 3. The van der Waals surface area contributed by atoms with E-state index >= 15 is 0 Å². The molecule has 1 aromatic heterocycles. The second-order valence-electron chi connectivity index (χ2n) is 6.69. The summed E-state index contributed by atoms with van der Waals surface area (Å²) in [7, 11) is 1.68. The molecule has 0 aliphatic heterocycles. The van der Waals surface area contributed by atoms with Gasteiger partial charge < -0.3 is 4.74 Å². The lowest BCUT2D eigenvalue weighted by atomic mass is 9.97. The Morgan fingerprint density at radius 3 is 2.72 bits per heavy atom. The van der Waals surface area contributed by atoms with Crippen LogP contribution in [0.5, 0.6) is 5.75 Å². The largest absolute Gasteiger partial charge is 0.497 e. The molecule has 0 aliphatic rings. The number of halogens is 1. The molecule has 5 nitrogen and oxygen atoms in total. The van der Waals surface area contributed by atoms with Crippen molar-refractivity contribution in [3.63, 3.8) is 0 Å². The molecule has 0 amide bonds. The van der Waals surface area contributed by atoms with Crippen molar-refractivity contribution in [3.8, 4) is 5.75 Å². The van der Waals surface area contributed by atoms with Crippen molar-refractivity contribution in [2.75, 3.05) is 7.11 Å². The van der Waals surface area contributed by atoms with E-state index in [1.54, 1.807) is 18.0 Å². The Hall–Kier alpha value is -2.77. The van der Waals surface area contributed by atoms with Gasteiger partial charge in [0.15, 0.2) is 5.82 Å². The predicted octanol–water partition coefficient (Wildman–Crippen LogP) is 5.90. The fourth-order valence-electron chi connectivity index (χ4n) is 3.19. The van der Waals surface area contributed by atoms with E-state index in [1.165, 1.54) is 0 Å². The van der Waals surface area contributed by atoms with Gasteiger partial charge in [0.05, 0.1) is 13.3 Å². The normalized spacial score (nSPS) is 12.5. The predicted molar refractivity (Wildman–Crippen MR) is 123 cm³/mol. The van der Waals surface area contributed by atoms with Crippen molar-refractivity contribution in [2.45, 2.75) is 12.8 Å². The molecule has 146 valence electrons. The lowest BCUT2D eigenvalue weighted by molar-refractivity contribution is 0.415. The third-order valence-corrected chi connectivity index (χ3v) is 5.56. The lowest BCUT2D eigenvalue weighted by Crippen LogP contribution is -2.05. The summed E-state index contributed by atoms with van der Waals surface area (Å²) in [6.07, 6.45) is 1.78. The highest BCUT2D eigenvalue weighted by atomic mass is 79.9. The highest BCUT2D eigenvalue weighted by Crippen LogP contribution is 2.28. The van der Waals surface area contributed by atoms with Crippen molar-refractivity contribution >= 4 is 45.1 Å². The molecular formula is C22H19BrN4OS. The maximum absolute atomic E-state index is 5.40. The number of H-pyrrole nitrogens is 1. The number of hydrogen-bond acceptors (Lipinski definition) is 4. The van der Waals surface area contributed by atoms with Crippen molar-refractivity contribution in [3.05, 3.63) is 86.9 Å². The van der Waals surface area contributed by atoms with E-state index in [2.05, 4.69) is 62.4 Å². The van der Waals surface area contributed by atoms with Crippen molar-refractivity contribution in [2.24, 2.45) is 5.10 Å². The molecule has 0 fully saturated rings. The summed E-state index contributed by atoms with van der Waals surface area (Å²) in [5.74, 6) is 1.62. The van der Waals surface area contributed by atoms with Crippen LogP contribution in [0.15, 0.2) is 70.2 Å². The molecule has 4 rings (SSSR count). The van der Waals surface area contributed by atoms with Gasteiger partial charge in [0, 0.05) is 10.4 Å². The summed E-state index contributed by atoms with van der Waals surface area (Å²) in [5, 5.41) is 14.1. The van der Waals surface area contributed by atoms with Gasteiger partial charge in [-0.05, 0) is 58.4 Å². The standard InChI is InChI=1S/C22H19BrN4OS/c1-14(16-6-7-18-12-20(28-2)9-8-17(18)11-16)21-25-26-22(29)27(21)24-13-15-4-3-5-19(23)10-15/h3-14H,1-2H3,(H,26,29)/b24-13+. The Kier molecular flexibility index (Phi) is 5.60. The van der Waals surface area contributed by atoms with Gasteiger partial charge in [-0.1, -0.05) is 59.3 Å². The lowest BCUT2D eigenvalue weighted by Gasteiger charge is -2.12. The molecule has 4 aromatic rings. The third-order valence-electron chi connectivity index (χ3n) is 4.81. The molecule has 1 unspecified atom stereocenters. The van der Waals surface area contributed by atoms with Crippen molar-refractivity contribution < 1.29 is 4.74 Å². The highest BCUT2D eigenvalue weighted by Gasteiger charge is 2.16. The number of rotatable bonds is 5. The molecule has 0 radical (unpaired) electrons. The number of hydrogen-bond donors (Lipinski definition) is 1. The minimum Gasteiger partial charge on any atom is -0.497 e. The second kappa shape index (κ2) is 8.31. The smallest absolute Gasteiger partial charge is 0.216 e. The summed E-state index contributed by atoms with van der Waals surface area (Å²) in [5.41, 5.74) is 2.11. The first-order valence-corrected chi connectivity index (χ1v) is 10.3. The van der Waals surface area contributed by atoms with Crippen LogP contribution >= 0.6 is 28.1 Å². The first-order chi connectivity index (χ1) is 14.0. The molecule has 1 atom stereocenters. The van der Waals surface area contributed by atoms with Gasteiger partial charge in [-0.15, -0.1) is 0 Å². The maximum atomic E-state index is 5.40. The van der Waals surface area contributed by atoms with Crippen LogP contribution in [0.4, 0.5) is 0 Å². The van der Waals surface area contributed by atoms with E-state index in [0.717, 1.165) is 37.9 Å². The molecule has 0 saturated carbocycles.